The Bertz CT molecular complexity index is 558. The Morgan fingerprint density at radius 2 is 2.00 bits per heavy atom. The van der Waals surface area contributed by atoms with Gasteiger partial charge in [-0.2, -0.15) is 5.26 Å². The van der Waals surface area contributed by atoms with Crippen LogP contribution in [0.1, 0.15) is 11.3 Å². The van der Waals surface area contributed by atoms with E-state index in [1.165, 1.54) is 0 Å². The molecular formula is C12H8ClN3. The quantitative estimate of drug-likeness (QED) is 0.707. The van der Waals surface area contributed by atoms with Gasteiger partial charge in [0.25, 0.3) is 0 Å². The van der Waals surface area contributed by atoms with Gasteiger partial charge in [0.15, 0.2) is 0 Å². The zero-order valence-electron chi connectivity index (χ0n) is 8.61. The minimum Gasteiger partial charge on any atom is -0.265 e. The van der Waals surface area contributed by atoms with Gasteiger partial charge in [-0.25, -0.2) is 4.98 Å². The lowest BCUT2D eigenvalue weighted by atomic mass is 10.0. The number of halogens is 1. The maximum absolute atomic E-state index is 8.89. The predicted octanol–water partition coefficient (Wildman–Crippen LogP) is 2.98. The first kappa shape index (κ1) is 10.6. The molecule has 0 saturated carbocycles. The molecule has 2 heterocycles. The van der Waals surface area contributed by atoms with Crippen molar-refractivity contribution in [3.8, 4) is 17.2 Å². The van der Waals surface area contributed by atoms with Crippen LogP contribution < -0.4 is 0 Å². The summed E-state index contributed by atoms with van der Waals surface area (Å²) in [5.41, 5.74) is 3.07. The molecule has 0 unspecified atom stereocenters. The van der Waals surface area contributed by atoms with Crippen LogP contribution in [0.15, 0.2) is 30.6 Å². The van der Waals surface area contributed by atoms with Crippen LogP contribution in [0.5, 0.6) is 0 Å². The van der Waals surface area contributed by atoms with Crippen molar-refractivity contribution in [3.05, 3.63) is 47.0 Å². The van der Waals surface area contributed by atoms with Crippen molar-refractivity contribution in [2.45, 2.75) is 6.92 Å². The Kier molecular flexibility index (Phi) is 2.84. The van der Waals surface area contributed by atoms with E-state index in [1.807, 2.05) is 25.1 Å². The van der Waals surface area contributed by atoms with Crippen LogP contribution in [0, 0.1) is 18.3 Å². The average Bonchev–Trinajstić information content (AvgIpc) is 2.30. The Labute approximate surface area is 98.4 Å². The van der Waals surface area contributed by atoms with Gasteiger partial charge in [0.2, 0.25) is 0 Å². The standard InChI is InChI=1S/C12H8ClN3/c1-8-11(9-2-4-15-5-3-9)6-10(7-14)12(13)16-8/h2-6H,1H3. The third-order valence-corrected chi connectivity index (χ3v) is 2.57. The summed E-state index contributed by atoms with van der Waals surface area (Å²) in [5, 5.41) is 9.14. The number of hydrogen-bond donors (Lipinski definition) is 0. The number of nitrogens with zero attached hydrogens (tertiary/aromatic N) is 3. The molecule has 0 saturated heterocycles. The summed E-state index contributed by atoms with van der Waals surface area (Å²) in [6, 6.07) is 7.52. The summed E-state index contributed by atoms with van der Waals surface area (Å²) >= 11 is 5.84. The SMILES string of the molecule is Cc1nc(Cl)c(C#N)cc1-c1ccncc1. The highest BCUT2D eigenvalue weighted by molar-refractivity contribution is 6.30. The van der Waals surface area contributed by atoms with Crippen LogP contribution in [-0.4, -0.2) is 9.97 Å². The second kappa shape index (κ2) is 4.30. The van der Waals surface area contributed by atoms with Crippen LogP contribution >= 0.6 is 11.6 Å². The van der Waals surface area contributed by atoms with E-state index in [0.29, 0.717) is 5.56 Å². The van der Waals surface area contributed by atoms with Gasteiger partial charge >= 0.3 is 0 Å². The van der Waals surface area contributed by atoms with Crippen molar-refractivity contribution in [2.24, 2.45) is 0 Å². The molecule has 0 spiro atoms. The highest BCUT2D eigenvalue weighted by Crippen LogP contribution is 2.25. The Hall–Kier alpha value is -1.92. The van der Waals surface area contributed by atoms with E-state index in [4.69, 9.17) is 16.9 Å². The smallest absolute Gasteiger partial charge is 0.147 e. The Morgan fingerprint density at radius 3 is 2.62 bits per heavy atom. The van der Waals surface area contributed by atoms with E-state index >= 15 is 0 Å². The van der Waals surface area contributed by atoms with Crippen molar-refractivity contribution in [2.75, 3.05) is 0 Å². The highest BCUT2D eigenvalue weighted by Gasteiger charge is 2.08. The molecule has 0 aliphatic rings. The zero-order chi connectivity index (χ0) is 11.5. The number of rotatable bonds is 1. The predicted molar refractivity (Wildman–Crippen MR) is 61.9 cm³/mol. The van der Waals surface area contributed by atoms with Gasteiger partial charge in [-0.15, -0.1) is 0 Å². The monoisotopic (exact) mass is 229 g/mol. The second-order valence-corrected chi connectivity index (χ2v) is 3.67. The molecule has 16 heavy (non-hydrogen) atoms. The maximum atomic E-state index is 8.89. The molecule has 0 aliphatic carbocycles. The lowest BCUT2D eigenvalue weighted by molar-refractivity contribution is 1.19. The Balaban J connectivity index is 2.63. The van der Waals surface area contributed by atoms with E-state index in [2.05, 4.69) is 9.97 Å². The molecule has 0 aromatic carbocycles. The number of aryl methyl sites for hydroxylation is 1. The van der Waals surface area contributed by atoms with Crippen molar-refractivity contribution in [1.82, 2.24) is 9.97 Å². The molecule has 0 bridgehead atoms. The summed E-state index contributed by atoms with van der Waals surface area (Å²) in [4.78, 5) is 8.09. The number of pyridine rings is 2. The fraction of sp³-hybridized carbons (Fsp3) is 0.0833. The molecule has 0 fully saturated rings. The molecule has 2 aromatic rings. The molecule has 4 heteroatoms. The lowest BCUT2D eigenvalue weighted by Crippen LogP contribution is -1.92. The Morgan fingerprint density at radius 1 is 1.31 bits per heavy atom. The molecule has 0 amide bonds. The number of hydrogen-bond acceptors (Lipinski definition) is 3. The summed E-state index contributed by atoms with van der Waals surface area (Å²) in [6.07, 6.45) is 3.41. The molecular weight excluding hydrogens is 222 g/mol. The van der Waals surface area contributed by atoms with Gasteiger partial charge in [0, 0.05) is 23.7 Å². The fourth-order valence-corrected chi connectivity index (χ4v) is 1.70. The third kappa shape index (κ3) is 1.88. The second-order valence-electron chi connectivity index (χ2n) is 3.31. The minimum atomic E-state index is 0.248. The largest absolute Gasteiger partial charge is 0.265 e. The van der Waals surface area contributed by atoms with Gasteiger partial charge in [-0.1, -0.05) is 11.6 Å². The normalized spacial score (nSPS) is 9.81. The summed E-state index contributed by atoms with van der Waals surface area (Å²) < 4.78 is 0. The topological polar surface area (TPSA) is 49.6 Å². The van der Waals surface area contributed by atoms with Crippen LogP contribution in [0.2, 0.25) is 5.15 Å². The van der Waals surface area contributed by atoms with Crippen molar-refractivity contribution < 1.29 is 0 Å². The molecule has 0 atom stereocenters. The first-order chi connectivity index (χ1) is 7.72. The zero-order valence-corrected chi connectivity index (χ0v) is 9.36. The highest BCUT2D eigenvalue weighted by atomic mass is 35.5. The lowest BCUT2D eigenvalue weighted by Gasteiger charge is -2.06. The van der Waals surface area contributed by atoms with Crippen LogP contribution in [0.3, 0.4) is 0 Å². The minimum absolute atomic E-state index is 0.248. The first-order valence-electron chi connectivity index (χ1n) is 4.70. The molecule has 2 rings (SSSR count). The fourth-order valence-electron chi connectivity index (χ4n) is 1.48. The number of aromatic nitrogens is 2. The molecule has 0 N–H and O–H groups in total. The average molecular weight is 230 g/mol. The third-order valence-electron chi connectivity index (χ3n) is 2.28. The van der Waals surface area contributed by atoms with Gasteiger partial charge in [-0.3, -0.25) is 4.98 Å². The molecule has 0 radical (unpaired) electrons. The van der Waals surface area contributed by atoms with Gasteiger partial charge < -0.3 is 0 Å². The van der Waals surface area contributed by atoms with Crippen molar-refractivity contribution >= 4 is 11.6 Å². The molecule has 2 aromatic heterocycles. The van der Waals surface area contributed by atoms with Gasteiger partial charge in [0.05, 0.1) is 5.56 Å². The van der Waals surface area contributed by atoms with E-state index < -0.39 is 0 Å². The number of nitriles is 1. The van der Waals surface area contributed by atoms with Gasteiger partial charge in [0.1, 0.15) is 11.2 Å². The van der Waals surface area contributed by atoms with Gasteiger partial charge in [-0.05, 0) is 30.7 Å². The molecule has 78 valence electrons. The van der Waals surface area contributed by atoms with Crippen LogP contribution in [0.25, 0.3) is 11.1 Å². The summed E-state index contributed by atoms with van der Waals surface area (Å²) in [7, 11) is 0. The van der Waals surface area contributed by atoms with Crippen molar-refractivity contribution in [3.63, 3.8) is 0 Å². The van der Waals surface area contributed by atoms with E-state index in [1.54, 1.807) is 18.5 Å². The summed E-state index contributed by atoms with van der Waals surface area (Å²) in [5.74, 6) is 0. The van der Waals surface area contributed by atoms with Crippen LogP contribution in [0.4, 0.5) is 0 Å². The maximum Gasteiger partial charge on any atom is 0.147 e. The van der Waals surface area contributed by atoms with E-state index in [-0.39, 0.29) is 5.15 Å². The van der Waals surface area contributed by atoms with E-state index in [9.17, 15) is 0 Å². The van der Waals surface area contributed by atoms with Crippen molar-refractivity contribution in [1.29, 1.82) is 5.26 Å². The first-order valence-corrected chi connectivity index (χ1v) is 5.08. The molecule has 3 nitrogen and oxygen atoms in total. The summed E-state index contributed by atoms with van der Waals surface area (Å²) in [6.45, 7) is 1.86. The van der Waals surface area contributed by atoms with Crippen LogP contribution in [-0.2, 0) is 0 Å². The van der Waals surface area contributed by atoms with E-state index in [0.717, 1.165) is 16.8 Å². The molecule has 0 aliphatic heterocycles.